The van der Waals surface area contributed by atoms with Crippen molar-refractivity contribution < 1.29 is 4.79 Å². The van der Waals surface area contributed by atoms with E-state index in [0.29, 0.717) is 34.7 Å². The second-order valence-electron chi connectivity index (χ2n) is 5.27. The third-order valence-corrected chi connectivity index (χ3v) is 4.25. The molecule has 1 saturated heterocycles. The molecule has 0 saturated carbocycles. The normalized spacial score (nSPS) is 22.7. The maximum atomic E-state index is 12.4. The molecular formula is C14H19Cl2N3O. The SMILES string of the molecule is CC1CCN(C(=O)Nc2cc(Cl)ccc2Cl)C(CN)C1. The van der Waals surface area contributed by atoms with Crippen LogP contribution in [0.4, 0.5) is 10.5 Å². The van der Waals surface area contributed by atoms with Crippen LogP contribution in [0, 0.1) is 5.92 Å². The molecule has 0 radical (unpaired) electrons. The Kier molecular flexibility index (Phi) is 5.13. The Morgan fingerprint density at radius 3 is 2.95 bits per heavy atom. The van der Waals surface area contributed by atoms with Gasteiger partial charge in [-0.3, -0.25) is 0 Å². The summed E-state index contributed by atoms with van der Waals surface area (Å²) in [4.78, 5) is 14.2. The fraction of sp³-hybridized carbons (Fsp3) is 0.500. The van der Waals surface area contributed by atoms with Gasteiger partial charge in [0.05, 0.1) is 10.7 Å². The van der Waals surface area contributed by atoms with Crippen LogP contribution in [0.15, 0.2) is 18.2 Å². The summed E-state index contributed by atoms with van der Waals surface area (Å²) in [5.74, 6) is 0.599. The second-order valence-corrected chi connectivity index (χ2v) is 6.11. The average Bonchev–Trinajstić information content (AvgIpc) is 2.42. The molecule has 1 aromatic carbocycles. The first-order valence-corrected chi connectivity index (χ1v) is 7.49. The summed E-state index contributed by atoms with van der Waals surface area (Å²) >= 11 is 12.0. The molecule has 6 heteroatoms. The van der Waals surface area contributed by atoms with Crippen LogP contribution in [0.2, 0.25) is 10.0 Å². The monoisotopic (exact) mass is 315 g/mol. The zero-order valence-electron chi connectivity index (χ0n) is 11.4. The number of nitrogens with two attached hydrogens (primary N) is 1. The summed E-state index contributed by atoms with van der Waals surface area (Å²) in [5.41, 5.74) is 6.30. The van der Waals surface area contributed by atoms with Crippen molar-refractivity contribution in [2.24, 2.45) is 11.7 Å². The smallest absolute Gasteiger partial charge is 0.322 e. The molecule has 20 heavy (non-hydrogen) atoms. The Hall–Kier alpha value is -0.970. The van der Waals surface area contributed by atoms with Gasteiger partial charge >= 0.3 is 6.03 Å². The molecule has 2 amide bonds. The number of amides is 2. The summed E-state index contributed by atoms with van der Waals surface area (Å²) in [7, 11) is 0. The molecule has 1 aliphatic rings. The van der Waals surface area contributed by atoms with E-state index in [1.807, 2.05) is 0 Å². The van der Waals surface area contributed by atoms with Gasteiger partial charge in [0.2, 0.25) is 0 Å². The van der Waals surface area contributed by atoms with E-state index in [4.69, 9.17) is 28.9 Å². The topological polar surface area (TPSA) is 58.4 Å². The van der Waals surface area contributed by atoms with Crippen LogP contribution in [0.3, 0.4) is 0 Å². The fourth-order valence-corrected chi connectivity index (χ4v) is 2.86. The Morgan fingerprint density at radius 2 is 2.25 bits per heavy atom. The largest absolute Gasteiger partial charge is 0.328 e. The first-order chi connectivity index (χ1) is 9.51. The van der Waals surface area contributed by atoms with E-state index in [2.05, 4.69) is 12.2 Å². The van der Waals surface area contributed by atoms with E-state index in [9.17, 15) is 4.79 Å². The van der Waals surface area contributed by atoms with Gasteiger partial charge in [-0.15, -0.1) is 0 Å². The first kappa shape index (κ1) is 15.4. The number of nitrogens with one attached hydrogen (secondary N) is 1. The second kappa shape index (κ2) is 6.66. The number of likely N-dealkylation sites (tertiary alicyclic amines) is 1. The lowest BCUT2D eigenvalue weighted by Gasteiger charge is -2.37. The highest BCUT2D eigenvalue weighted by Gasteiger charge is 2.29. The molecule has 0 aromatic heterocycles. The number of hydrogen-bond donors (Lipinski definition) is 2. The number of anilines is 1. The van der Waals surface area contributed by atoms with Gasteiger partial charge in [0.25, 0.3) is 0 Å². The average molecular weight is 316 g/mol. The minimum Gasteiger partial charge on any atom is -0.328 e. The summed E-state index contributed by atoms with van der Waals surface area (Å²) in [6.45, 7) is 3.37. The number of benzene rings is 1. The van der Waals surface area contributed by atoms with Crippen LogP contribution < -0.4 is 11.1 Å². The highest BCUT2D eigenvalue weighted by Crippen LogP contribution is 2.27. The Balaban J connectivity index is 2.09. The number of carbonyl (C=O) groups is 1. The summed E-state index contributed by atoms with van der Waals surface area (Å²) < 4.78 is 0. The maximum Gasteiger partial charge on any atom is 0.322 e. The van der Waals surface area contributed by atoms with E-state index in [1.165, 1.54) is 0 Å². The van der Waals surface area contributed by atoms with Crippen molar-refractivity contribution >= 4 is 34.9 Å². The lowest BCUT2D eigenvalue weighted by atomic mass is 9.93. The third-order valence-electron chi connectivity index (χ3n) is 3.68. The van der Waals surface area contributed by atoms with E-state index in [-0.39, 0.29) is 12.1 Å². The van der Waals surface area contributed by atoms with Gasteiger partial charge in [0.15, 0.2) is 0 Å². The van der Waals surface area contributed by atoms with Crippen molar-refractivity contribution in [3.05, 3.63) is 28.2 Å². The van der Waals surface area contributed by atoms with Crippen LogP contribution in [0.25, 0.3) is 0 Å². The molecular weight excluding hydrogens is 297 g/mol. The van der Waals surface area contributed by atoms with Crippen LogP contribution in [-0.4, -0.2) is 30.1 Å². The highest BCUT2D eigenvalue weighted by molar-refractivity contribution is 6.35. The lowest BCUT2D eigenvalue weighted by molar-refractivity contribution is 0.145. The third kappa shape index (κ3) is 3.57. The summed E-state index contributed by atoms with van der Waals surface area (Å²) in [5, 5.41) is 3.82. The fourth-order valence-electron chi connectivity index (χ4n) is 2.52. The number of piperidine rings is 1. The molecule has 4 nitrogen and oxygen atoms in total. The summed E-state index contributed by atoms with van der Waals surface area (Å²) in [6.07, 6.45) is 1.93. The Morgan fingerprint density at radius 1 is 1.50 bits per heavy atom. The number of carbonyl (C=O) groups excluding carboxylic acids is 1. The van der Waals surface area contributed by atoms with Crippen molar-refractivity contribution in [3.63, 3.8) is 0 Å². The number of urea groups is 1. The summed E-state index contributed by atoms with van der Waals surface area (Å²) in [6, 6.07) is 4.91. The van der Waals surface area contributed by atoms with Gasteiger partial charge in [0, 0.05) is 24.2 Å². The molecule has 2 atom stereocenters. The molecule has 2 rings (SSSR count). The number of halogens is 2. The van der Waals surface area contributed by atoms with Gasteiger partial charge < -0.3 is 16.0 Å². The molecule has 1 aliphatic heterocycles. The predicted octanol–water partition coefficient (Wildman–Crippen LogP) is 3.58. The molecule has 1 aromatic rings. The van der Waals surface area contributed by atoms with E-state index in [1.54, 1.807) is 23.1 Å². The molecule has 0 aliphatic carbocycles. The Labute approximate surface area is 129 Å². The molecule has 0 spiro atoms. The van der Waals surface area contributed by atoms with Crippen molar-refractivity contribution in [3.8, 4) is 0 Å². The van der Waals surface area contributed by atoms with Gasteiger partial charge in [-0.05, 0) is 37.0 Å². The minimum atomic E-state index is -0.170. The first-order valence-electron chi connectivity index (χ1n) is 6.74. The number of nitrogens with zero attached hydrogens (tertiary/aromatic N) is 1. The quantitative estimate of drug-likeness (QED) is 0.876. The molecule has 110 valence electrons. The van der Waals surface area contributed by atoms with E-state index in [0.717, 1.165) is 12.8 Å². The van der Waals surface area contributed by atoms with Crippen molar-refractivity contribution in [1.82, 2.24) is 4.90 Å². The van der Waals surface area contributed by atoms with Crippen LogP contribution in [0.5, 0.6) is 0 Å². The molecule has 3 N–H and O–H groups in total. The van der Waals surface area contributed by atoms with Gasteiger partial charge in [-0.25, -0.2) is 4.79 Å². The molecule has 0 bridgehead atoms. The molecule has 2 unspecified atom stereocenters. The van der Waals surface area contributed by atoms with E-state index < -0.39 is 0 Å². The lowest BCUT2D eigenvalue weighted by Crippen LogP contribution is -2.50. The number of rotatable bonds is 2. The van der Waals surface area contributed by atoms with Gasteiger partial charge in [-0.1, -0.05) is 30.1 Å². The van der Waals surface area contributed by atoms with Gasteiger partial charge in [-0.2, -0.15) is 0 Å². The highest BCUT2D eigenvalue weighted by atomic mass is 35.5. The van der Waals surface area contributed by atoms with Gasteiger partial charge in [0.1, 0.15) is 0 Å². The maximum absolute atomic E-state index is 12.4. The Bertz CT molecular complexity index is 495. The minimum absolute atomic E-state index is 0.0803. The molecule has 1 fully saturated rings. The predicted molar refractivity (Wildman–Crippen MR) is 83.4 cm³/mol. The van der Waals surface area contributed by atoms with Crippen LogP contribution >= 0.6 is 23.2 Å². The molecule has 1 heterocycles. The van der Waals surface area contributed by atoms with Crippen molar-refractivity contribution in [2.45, 2.75) is 25.8 Å². The van der Waals surface area contributed by atoms with Crippen molar-refractivity contribution in [1.29, 1.82) is 0 Å². The zero-order valence-corrected chi connectivity index (χ0v) is 12.9. The van der Waals surface area contributed by atoms with Crippen LogP contribution in [0.1, 0.15) is 19.8 Å². The standard InChI is InChI=1S/C14H19Cl2N3O/c1-9-4-5-19(11(6-9)8-17)14(20)18-13-7-10(15)2-3-12(13)16/h2-3,7,9,11H,4-6,8,17H2,1H3,(H,18,20). The number of hydrogen-bond acceptors (Lipinski definition) is 2. The van der Waals surface area contributed by atoms with Crippen LogP contribution in [-0.2, 0) is 0 Å². The van der Waals surface area contributed by atoms with E-state index >= 15 is 0 Å². The van der Waals surface area contributed by atoms with Crippen molar-refractivity contribution in [2.75, 3.05) is 18.4 Å². The zero-order chi connectivity index (χ0) is 14.7.